The Morgan fingerprint density at radius 3 is 2.71 bits per heavy atom. The lowest BCUT2D eigenvalue weighted by atomic mass is 10.1. The normalized spacial score (nSPS) is 15.6. The van der Waals surface area contributed by atoms with Gasteiger partial charge in [0.05, 0.1) is 0 Å². The average Bonchev–Trinajstić information content (AvgIpc) is 3.31. The van der Waals surface area contributed by atoms with Gasteiger partial charge in [-0.15, -0.1) is 0 Å². The van der Waals surface area contributed by atoms with Crippen LogP contribution in [0.15, 0.2) is 24.3 Å². The van der Waals surface area contributed by atoms with Gasteiger partial charge in [0.2, 0.25) is 0 Å². The Morgan fingerprint density at radius 2 is 2.10 bits per heavy atom. The molecule has 0 radical (unpaired) electrons. The minimum absolute atomic E-state index is 0.0888. The summed E-state index contributed by atoms with van der Waals surface area (Å²) in [6, 6.07) is 8.59. The zero-order valence-corrected chi connectivity index (χ0v) is 13.3. The fraction of sp³-hybridized carbons (Fsp3) is 0.588. The molecule has 2 rings (SSSR count). The molecule has 4 nitrogen and oxygen atoms in total. The quantitative estimate of drug-likeness (QED) is 0.800. The zero-order valence-electron chi connectivity index (χ0n) is 13.3. The molecule has 21 heavy (non-hydrogen) atoms. The monoisotopic (exact) mass is 290 g/mol. The molecule has 0 bridgehead atoms. The van der Waals surface area contributed by atoms with E-state index in [1.807, 2.05) is 36.1 Å². The van der Waals surface area contributed by atoms with Crippen LogP contribution in [-0.4, -0.2) is 36.5 Å². The summed E-state index contributed by atoms with van der Waals surface area (Å²) in [7, 11) is 0. The molecule has 0 saturated heterocycles. The number of likely N-dealkylation sites (N-methyl/N-ethyl adjacent to an activating group) is 1. The van der Waals surface area contributed by atoms with Crippen molar-refractivity contribution < 1.29 is 9.53 Å². The molecule has 1 aromatic rings. The predicted octanol–water partition coefficient (Wildman–Crippen LogP) is 2.75. The molecule has 1 fully saturated rings. The van der Waals surface area contributed by atoms with Gasteiger partial charge in [0.25, 0.3) is 5.91 Å². The van der Waals surface area contributed by atoms with E-state index in [-0.39, 0.29) is 18.6 Å². The molecule has 0 aliphatic heterocycles. The summed E-state index contributed by atoms with van der Waals surface area (Å²) < 4.78 is 5.80. The molecular weight excluding hydrogens is 264 g/mol. The number of carbonyl (C=O) groups is 1. The summed E-state index contributed by atoms with van der Waals surface area (Å²) in [5, 5.41) is 3.38. The maximum absolute atomic E-state index is 12.2. The number of amides is 1. The average molecular weight is 290 g/mol. The van der Waals surface area contributed by atoms with Crippen LogP contribution < -0.4 is 10.1 Å². The molecule has 4 heteroatoms. The fourth-order valence-electron chi connectivity index (χ4n) is 2.63. The highest BCUT2D eigenvalue weighted by Crippen LogP contribution is 2.27. The third-order valence-electron chi connectivity index (χ3n) is 3.90. The van der Waals surface area contributed by atoms with Crippen LogP contribution in [0, 0.1) is 0 Å². The second-order valence-corrected chi connectivity index (χ2v) is 5.52. The van der Waals surface area contributed by atoms with Crippen molar-refractivity contribution in [3.8, 4) is 5.75 Å². The van der Waals surface area contributed by atoms with Crippen molar-refractivity contribution >= 4 is 5.91 Å². The van der Waals surface area contributed by atoms with Gasteiger partial charge in [-0.25, -0.2) is 0 Å². The van der Waals surface area contributed by atoms with Gasteiger partial charge in [0.15, 0.2) is 6.61 Å². The lowest BCUT2D eigenvalue weighted by molar-refractivity contribution is -0.133. The van der Waals surface area contributed by atoms with E-state index in [1.165, 1.54) is 0 Å². The maximum Gasteiger partial charge on any atom is 0.260 e. The van der Waals surface area contributed by atoms with Gasteiger partial charge in [-0.05, 0) is 39.3 Å². The molecule has 1 aromatic carbocycles. The van der Waals surface area contributed by atoms with Gasteiger partial charge in [-0.1, -0.05) is 25.1 Å². The Bertz CT molecular complexity index is 472. The van der Waals surface area contributed by atoms with Crippen LogP contribution >= 0.6 is 0 Å². The van der Waals surface area contributed by atoms with Gasteiger partial charge >= 0.3 is 0 Å². The van der Waals surface area contributed by atoms with Crippen LogP contribution in [0.25, 0.3) is 0 Å². The van der Waals surface area contributed by atoms with E-state index in [9.17, 15) is 4.79 Å². The number of hydrogen-bond donors (Lipinski definition) is 1. The van der Waals surface area contributed by atoms with E-state index < -0.39 is 0 Å². The first-order valence-electron chi connectivity index (χ1n) is 7.91. The van der Waals surface area contributed by atoms with Crippen molar-refractivity contribution in [2.45, 2.75) is 45.7 Å². The summed E-state index contributed by atoms with van der Waals surface area (Å²) in [6.07, 6.45) is 2.27. The highest BCUT2D eigenvalue weighted by molar-refractivity contribution is 5.78. The van der Waals surface area contributed by atoms with Crippen LogP contribution in [0.5, 0.6) is 5.75 Å². The summed E-state index contributed by atoms with van der Waals surface area (Å²) in [4.78, 5) is 14.1. The van der Waals surface area contributed by atoms with E-state index >= 15 is 0 Å². The van der Waals surface area contributed by atoms with Crippen molar-refractivity contribution in [1.82, 2.24) is 10.2 Å². The van der Waals surface area contributed by atoms with Crippen molar-refractivity contribution in [3.63, 3.8) is 0 Å². The highest BCUT2D eigenvalue weighted by atomic mass is 16.5. The number of benzene rings is 1. The van der Waals surface area contributed by atoms with E-state index in [0.29, 0.717) is 6.04 Å². The second-order valence-electron chi connectivity index (χ2n) is 5.52. The summed E-state index contributed by atoms with van der Waals surface area (Å²) in [5.74, 6) is 0.886. The number of nitrogens with one attached hydrogen (secondary N) is 1. The number of carbonyl (C=O) groups excluding carboxylic acids is 1. The maximum atomic E-state index is 12.2. The molecule has 1 N–H and O–H groups in total. The number of ether oxygens (including phenoxy) is 1. The van der Waals surface area contributed by atoms with Gasteiger partial charge in [0.1, 0.15) is 5.75 Å². The Labute approximate surface area is 127 Å². The molecule has 116 valence electrons. The standard InChI is InChI=1S/C17H26N2O2/c1-4-18-13(3)15-8-6-7-9-16(15)21-12-17(20)19(5-2)14-10-11-14/h6-9,13-14,18H,4-5,10-12H2,1-3H3. The third kappa shape index (κ3) is 4.21. The first-order valence-corrected chi connectivity index (χ1v) is 7.91. The largest absolute Gasteiger partial charge is 0.483 e. The number of nitrogens with zero attached hydrogens (tertiary/aromatic N) is 1. The number of hydrogen-bond acceptors (Lipinski definition) is 3. The van der Waals surface area contributed by atoms with Crippen molar-refractivity contribution in [2.24, 2.45) is 0 Å². The summed E-state index contributed by atoms with van der Waals surface area (Å²) in [6.45, 7) is 8.01. The van der Waals surface area contributed by atoms with Gasteiger partial charge in [-0.3, -0.25) is 4.79 Å². The van der Waals surface area contributed by atoms with Crippen LogP contribution in [0.4, 0.5) is 0 Å². The van der Waals surface area contributed by atoms with Crippen molar-refractivity contribution in [2.75, 3.05) is 19.7 Å². The highest BCUT2D eigenvalue weighted by Gasteiger charge is 2.31. The molecule has 1 saturated carbocycles. The van der Waals surface area contributed by atoms with E-state index in [2.05, 4.69) is 19.2 Å². The summed E-state index contributed by atoms with van der Waals surface area (Å²) in [5.41, 5.74) is 1.10. The van der Waals surface area contributed by atoms with Gasteiger partial charge in [-0.2, -0.15) is 0 Å². The molecule has 0 aromatic heterocycles. The second kappa shape index (κ2) is 7.46. The number of rotatable bonds is 8. The first kappa shape index (κ1) is 15.8. The van der Waals surface area contributed by atoms with E-state index in [1.54, 1.807) is 0 Å². The molecule has 0 spiro atoms. The fourth-order valence-corrected chi connectivity index (χ4v) is 2.63. The molecule has 1 unspecified atom stereocenters. The molecule has 1 aliphatic carbocycles. The zero-order chi connectivity index (χ0) is 15.2. The van der Waals surface area contributed by atoms with Crippen LogP contribution in [0.2, 0.25) is 0 Å². The molecule has 1 amide bonds. The van der Waals surface area contributed by atoms with Crippen LogP contribution in [-0.2, 0) is 4.79 Å². The van der Waals surface area contributed by atoms with Crippen molar-refractivity contribution in [3.05, 3.63) is 29.8 Å². The minimum atomic E-state index is 0.0888. The number of para-hydroxylation sites is 1. The summed E-state index contributed by atoms with van der Waals surface area (Å²) >= 11 is 0. The third-order valence-corrected chi connectivity index (χ3v) is 3.90. The smallest absolute Gasteiger partial charge is 0.260 e. The molecular formula is C17H26N2O2. The Kier molecular flexibility index (Phi) is 5.62. The van der Waals surface area contributed by atoms with Crippen LogP contribution in [0.3, 0.4) is 0 Å². The Balaban J connectivity index is 1.97. The molecule has 1 atom stereocenters. The van der Waals surface area contributed by atoms with Gasteiger partial charge < -0.3 is 15.0 Å². The first-order chi connectivity index (χ1) is 10.2. The van der Waals surface area contributed by atoms with Gasteiger partial charge in [0, 0.05) is 24.2 Å². The Morgan fingerprint density at radius 1 is 1.38 bits per heavy atom. The minimum Gasteiger partial charge on any atom is -0.483 e. The lowest BCUT2D eigenvalue weighted by Gasteiger charge is -2.22. The Hall–Kier alpha value is -1.55. The lowest BCUT2D eigenvalue weighted by Crippen LogP contribution is -2.36. The predicted molar refractivity (Wildman–Crippen MR) is 84.4 cm³/mol. The van der Waals surface area contributed by atoms with E-state index in [4.69, 9.17) is 4.74 Å². The SMILES string of the molecule is CCNC(C)c1ccccc1OCC(=O)N(CC)C1CC1. The van der Waals surface area contributed by atoms with Crippen molar-refractivity contribution in [1.29, 1.82) is 0 Å². The van der Waals surface area contributed by atoms with Crippen LogP contribution in [0.1, 0.15) is 45.2 Å². The topological polar surface area (TPSA) is 41.6 Å². The molecule has 0 heterocycles. The molecule has 1 aliphatic rings. The van der Waals surface area contributed by atoms with E-state index in [0.717, 1.165) is 37.2 Å².